The SMILES string of the molecule is CCCCCCCCN(CCC(=O)NCC)CCC(=O)Nc1ccccc1. The fourth-order valence-corrected chi connectivity index (χ4v) is 3.00. The first-order chi connectivity index (χ1) is 13.2. The topological polar surface area (TPSA) is 61.4 Å². The monoisotopic (exact) mass is 375 g/mol. The van der Waals surface area contributed by atoms with Gasteiger partial charge in [0, 0.05) is 38.2 Å². The normalized spacial score (nSPS) is 10.8. The van der Waals surface area contributed by atoms with Crippen molar-refractivity contribution in [2.45, 2.75) is 65.2 Å². The molecule has 0 saturated heterocycles. The quantitative estimate of drug-likeness (QED) is 0.452. The third kappa shape index (κ3) is 12.2. The van der Waals surface area contributed by atoms with Crippen molar-refractivity contribution < 1.29 is 9.59 Å². The zero-order chi connectivity index (χ0) is 19.7. The highest BCUT2D eigenvalue weighted by molar-refractivity contribution is 5.90. The fourth-order valence-electron chi connectivity index (χ4n) is 3.00. The molecule has 0 saturated carbocycles. The Morgan fingerprint density at radius 1 is 0.815 bits per heavy atom. The summed E-state index contributed by atoms with van der Waals surface area (Å²) in [6.45, 7) is 7.16. The Labute approximate surface area is 164 Å². The number of nitrogens with one attached hydrogen (secondary N) is 2. The van der Waals surface area contributed by atoms with Gasteiger partial charge in [-0.1, -0.05) is 57.2 Å². The van der Waals surface area contributed by atoms with Crippen LogP contribution in [0.15, 0.2) is 30.3 Å². The van der Waals surface area contributed by atoms with E-state index in [1.165, 1.54) is 32.1 Å². The molecule has 27 heavy (non-hydrogen) atoms. The van der Waals surface area contributed by atoms with E-state index in [2.05, 4.69) is 22.5 Å². The van der Waals surface area contributed by atoms with Crippen LogP contribution in [0.25, 0.3) is 0 Å². The van der Waals surface area contributed by atoms with Crippen LogP contribution in [-0.2, 0) is 9.59 Å². The summed E-state index contributed by atoms with van der Waals surface area (Å²) in [6.07, 6.45) is 8.41. The van der Waals surface area contributed by atoms with Crippen molar-refractivity contribution in [3.05, 3.63) is 30.3 Å². The van der Waals surface area contributed by atoms with Gasteiger partial charge >= 0.3 is 0 Å². The first-order valence-electron chi connectivity index (χ1n) is 10.5. The van der Waals surface area contributed by atoms with Gasteiger partial charge in [-0.2, -0.15) is 0 Å². The van der Waals surface area contributed by atoms with E-state index in [4.69, 9.17) is 0 Å². The second-order valence-electron chi connectivity index (χ2n) is 6.98. The Morgan fingerprint density at radius 2 is 1.44 bits per heavy atom. The number of hydrogen-bond acceptors (Lipinski definition) is 3. The van der Waals surface area contributed by atoms with Crippen molar-refractivity contribution in [3.63, 3.8) is 0 Å². The van der Waals surface area contributed by atoms with Crippen molar-refractivity contribution in [2.24, 2.45) is 0 Å². The summed E-state index contributed by atoms with van der Waals surface area (Å²) in [5.41, 5.74) is 0.826. The lowest BCUT2D eigenvalue weighted by Crippen LogP contribution is -2.33. The zero-order valence-electron chi connectivity index (χ0n) is 17.1. The number of hydrogen-bond donors (Lipinski definition) is 2. The lowest BCUT2D eigenvalue weighted by Gasteiger charge is -2.22. The van der Waals surface area contributed by atoms with E-state index in [1.54, 1.807) is 0 Å². The first-order valence-corrected chi connectivity index (χ1v) is 10.5. The number of para-hydroxylation sites is 1. The first kappa shape index (κ1) is 23.2. The summed E-state index contributed by atoms with van der Waals surface area (Å²) in [5.74, 6) is 0.103. The minimum absolute atomic E-state index is 0.0205. The van der Waals surface area contributed by atoms with Crippen LogP contribution < -0.4 is 10.6 Å². The van der Waals surface area contributed by atoms with Gasteiger partial charge in [-0.25, -0.2) is 0 Å². The van der Waals surface area contributed by atoms with Gasteiger partial charge in [-0.15, -0.1) is 0 Å². The van der Waals surface area contributed by atoms with Gasteiger partial charge in [-0.05, 0) is 32.0 Å². The molecule has 1 rings (SSSR count). The summed E-state index contributed by atoms with van der Waals surface area (Å²) < 4.78 is 0. The maximum absolute atomic E-state index is 12.2. The van der Waals surface area contributed by atoms with Gasteiger partial charge in [0.2, 0.25) is 11.8 Å². The molecular formula is C22H37N3O2. The molecular weight excluding hydrogens is 338 g/mol. The minimum Gasteiger partial charge on any atom is -0.356 e. The van der Waals surface area contributed by atoms with Gasteiger partial charge < -0.3 is 15.5 Å². The van der Waals surface area contributed by atoms with Crippen LogP contribution in [-0.4, -0.2) is 42.9 Å². The van der Waals surface area contributed by atoms with E-state index in [1.807, 2.05) is 37.3 Å². The maximum atomic E-state index is 12.2. The molecule has 0 aromatic heterocycles. The van der Waals surface area contributed by atoms with Gasteiger partial charge in [0.05, 0.1) is 0 Å². The van der Waals surface area contributed by atoms with Gasteiger partial charge in [0.1, 0.15) is 0 Å². The third-order valence-electron chi connectivity index (χ3n) is 4.57. The molecule has 0 radical (unpaired) electrons. The Hall–Kier alpha value is -1.88. The number of nitrogens with zero attached hydrogens (tertiary/aromatic N) is 1. The molecule has 2 N–H and O–H groups in total. The second-order valence-corrected chi connectivity index (χ2v) is 6.98. The van der Waals surface area contributed by atoms with E-state index < -0.39 is 0 Å². The summed E-state index contributed by atoms with van der Waals surface area (Å²) in [7, 11) is 0. The van der Waals surface area contributed by atoms with E-state index in [-0.39, 0.29) is 11.8 Å². The van der Waals surface area contributed by atoms with Crippen LogP contribution in [0.3, 0.4) is 0 Å². The summed E-state index contributed by atoms with van der Waals surface area (Å²) in [4.78, 5) is 26.2. The summed E-state index contributed by atoms with van der Waals surface area (Å²) in [6, 6.07) is 9.53. The number of carbonyl (C=O) groups is 2. The molecule has 1 aromatic carbocycles. The molecule has 0 unspecified atom stereocenters. The molecule has 0 spiro atoms. The minimum atomic E-state index is 0.0205. The lowest BCUT2D eigenvalue weighted by molar-refractivity contribution is -0.121. The number of anilines is 1. The van der Waals surface area contributed by atoms with E-state index in [0.717, 1.165) is 18.7 Å². The average molecular weight is 376 g/mol. The fraction of sp³-hybridized carbons (Fsp3) is 0.636. The van der Waals surface area contributed by atoms with Crippen molar-refractivity contribution >= 4 is 17.5 Å². The van der Waals surface area contributed by atoms with Crippen molar-refractivity contribution in [2.75, 3.05) is 31.5 Å². The molecule has 5 nitrogen and oxygen atoms in total. The highest BCUT2D eigenvalue weighted by Crippen LogP contribution is 2.08. The molecule has 0 fully saturated rings. The summed E-state index contributed by atoms with van der Waals surface area (Å²) >= 11 is 0. The average Bonchev–Trinajstić information content (AvgIpc) is 2.67. The van der Waals surface area contributed by atoms with Crippen molar-refractivity contribution in [1.29, 1.82) is 0 Å². The number of unbranched alkanes of at least 4 members (excludes halogenated alkanes) is 5. The van der Waals surface area contributed by atoms with Crippen molar-refractivity contribution in [3.8, 4) is 0 Å². The molecule has 0 atom stereocenters. The Balaban J connectivity index is 2.36. The number of amides is 2. The molecule has 0 aliphatic rings. The number of rotatable bonds is 15. The predicted molar refractivity (Wildman–Crippen MR) is 113 cm³/mol. The number of benzene rings is 1. The van der Waals surface area contributed by atoms with Crippen LogP contribution in [0.5, 0.6) is 0 Å². The zero-order valence-corrected chi connectivity index (χ0v) is 17.1. The van der Waals surface area contributed by atoms with Gasteiger partial charge in [0.25, 0.3) is 0 Å². The predicted octanol–water partition coefficient (Wildman–Crippen LogP) is 4.20. The second kappa shape index (κ2) is 15.2. The van der Waals surface area contributed by atoms with Crippen LogP contribution in [0.2, 0.25) is 0 Å². The van der Waals surface area contributed by atoms with Crippen LogP contribution >= 0.6 is 0 Å². The standard InChI is InChI=1S/C22H37N3O2/c1-3-5-6-7-8-12-17-25(18-15-21(26)23-4-2)19-16-22(27)24-20-13-10-9-11-14-20/h9-11,13-14H,3-8,12,15-19H2,1-2H3,(H,23,26)(H,24,27). The van der Waals surface area contributed by atoms with E-state index >= 15 is 0 Å². The van der Waals surface area contributed by atoms with E-state index in [9.17, 15) is 9.59 Å². The smallest absolute Gasteiger partial charge is 0.225 e. The highest BCUT2D eigenvalue weighted by Gasteiger charge is 2.11. The number of carbonyl (C=O) groups excluding carboxylic acids is 2. The van der Waals surface area contributed by atoms with Crippen LogP contribution in [0.4, 0.5) is 5.69 Å². The largest absolute Gasteiger partial charge is 0.356 e. The molecule has 0 heterocycles. The maximum Gasteiger partial charge on any atom is 0.225 e. The van der Waals surface area contributed by atoms with Crippen LogP contribution in [0, 0.1) is 0 Å². The highest BCUT2D eigenvalue weighted by atomic mass is 16.2. The van der Waals surface area contributed by atoms with Gasteiger partial charge in [0.15, 0.2) is 0 Å². The molecule has 0 aliphatic heterocycles. The Kier molecular flexibility index (Phi) is 13.0. The van der Waals surface area contributed by atoms with Crippen molar-refractivity contribution in [1.82, 2.24) is 10.2 Å². The molecule has 0 bridgehead atoms. The van der Waals surface area contributed by atoms with Crippen LogP contribution in [0.1, 0.15) is 65.2 Å². The summed E-state index contributed by atoms with van der Waals surface area (Å²) in [5, 5.41) is 5.77. The van der Waals surface area contributed by atoms with Gasteiger partial charge in [-0.3, -0.25) is 9.59 Å². The molecule has 2 amide bonds. The lowest BCUT2D eigenvalue weighted by atomic mass is 10.1. The molecule has 152 valence electrons. The van der Waals surface area contributed by atoms with E-state index in [0.29, 0.717) is 32.5 Å². The molecule has 0 aliphatic carbocycles. The Morgan fingerprint density at radius 3 is 2.11 bits per heavy atom. The molecule has 5 heteroatoms. The third-order valence-corrected chi connectivity index (χ3v) is 4.57. The Bertz CT molecular complexity index is 520. The molecule has 1 aromatic rings.